The summed E-state index contributed by atoms with van der Waals surface area (Å²) in [5.41, 5.74) is 6.62. The average Bonchev–Trinajstić information content (AvgIpc) is 3.15. The monoisotopic (exact) mass is 444 g/mol. The molecule has 4 rings (SSSR count). The summed E-state index contributed by atoms with van der Waals surface area (Å²) in [5.74, 6) is -0.605. The molecule has 0 radical (unpaired) electrons. The number of nitrogens with zero attached hydrogens (tertiary/aromatic N) is 4. The third-order valence-corrected chi connectivity index (χ3v) is 5.15. The number of amides is 1. The van der Waals surface area contributed by atoms with E-state index in [1.165, 1.54) is 24.5 Å². The van der Waals surface area contributed by atoms with Gasteiger partial charge >= 0.3 is 5.69 Å². The second-order valence-corrected chi connectivity index (χ2v) is 7.23. The molecule has 0 saturated carbocycles. The van der Waals surface area contributed by atoms with Crippen LogP contribution in [0.25, 0.3) is 0 Å². The zero-order valence-electron chi connectivity index (χ0n) is 15.3. The summed E-state index contributed by atoms with van der Waals surface area (Å²) in [4.78, 5) is 33.5. The van der Waals surface area contributed by atoms with E-state index in [1.807, 2.05) is 24.3 Å². The van der Waals surface area contributed by atoms with Gasteiger partial charge in [0.25, 0.3) is 5.91 Å². The first-order valence-corrected chi connectivity index (χ1v) is 9.57. The fourth-order valence-corrected chi connectivity index (χ4v) is 3.74. The molecule has 152 valence electrons. The van der Waals surface area contributed by atoms with Crippen molar-refractivity contribution in [3.63, 3.8) is 0 Å². The van der Waals surface area contributed by atoms with Crippen molar-refractivity contribution >= 4 is 52.1 Å². The Morgan fingerprint density at radius 1 is 1.17 bits per heavy atom. The van der Waals surface area contributed by atoms with Gasteiger partial charge in [0.1, 0.15) is 6.33 Å². The Hall–Kier alpha value is -3.43. The minimum atomic E-state index is -0.599. The van der Waals surface area contributed by atoms with E-state index in [1.54, 1.807) is 4.90 Å². The van der Waals surface area contributed by atoms with Crippen LogP contribution in [0, 0.1) is 10.1 Å². The number of halogens is 2. The van der Waals surface area contributed by atoms with E-state index in [4.69, 9.17) is 23.2 Å². The van der Waals surface area contributed by atoms with Gasteiger partial charge in [0.05, 0.1) is 15.5 Å². The van der Waals surface area contributed by atoms with Crippen LogP contribution in [0.1, 0.15) is 15.9 Å². The maximum absolute atomic E-state index is 12.4. The maximum atomic E-state index is 12.4. The Balaban J connectivity index is 1.63. The lowest BCUT2D eigenvalue weighted by atomic mass is 10.2. The minimum Gasteiger partial charge on any atom is -0.320 e. The molecule has 0 unspecified atom stereocenters. The molecule has 3 aromatic rings. The summed E-state index contributed by atoms with van der Waals surface area (Å²) in [6, 6.07) is 12.0. The molecule has 0 saturated heterocycles. The van der Waals surface area contributed by atoms with Gasteiger partial charge in [0, 0.05) is 17.3 Å². The number of hydrazine groups is 1. The lowest BCUT2D eigenvalue weighted by molar-refractivity contribution is -0.383. The SMILES string of the molecule is O=C(NNc1ncnc(N2CCc3ccccc32)c1[N+](=O)[O-])c1ccc(Cl)cc1Cl. The molecule has 0 spiro atoms. The largest absolute Gasteiger partial charge is 0.355 e. The van der Waals surface area contributed by atoms with Gasteiger partial charge in [0.15, 0.2) is 0 Å². The van der Waals surface area contributed by atoms with Crippen molar-refractivity contribution < 1.29 is 9.72 Å². The van der Waals surface area contributed by atoms with Crippen LogP contribution in [-0.4, -0.2) is 27.3 Å². The summed E-state index contributed by atoms with van der Waals surface area (Å²) in [6.45, 7) is 0.545. The molecule has 0 atom stereocenters. The molecule has 2 aromatic carbocycles. The number of aromatic nitrogens is 2. The van der Waals surface area contributed by atoms with Crippen molar-refractivity contribution in [3.05, 3.63) is 80.1 Å². The van der Waals surface area contributed by atoms with Gasteiger partial charge in [-0.05, 0) is 36.2 Å². The molecule has 1 aliphatic heterocycles. The van der Waals surface area contributed by atoms with Gasteiger partial charge in [-0.1, -0.05) is 41.4 Å². The number of hydrogen-bond acceptors (Lipinski definition) is 7. The number of benzene rings is 2. The zero-order valence-corrected chi connectivity index (χ0v) is 16.8. The van der Waals surface area contributed by atoms with Gasteiger partial charge in [0.2, 0.25) is 11.6 Å². The van der Waals surface area contributed by atoms with Crippen LogP contribution in [0.15, 0.2) is 48.8 Å². The summed E-state index contributed by atoms with van der Waals surface area (Å²) in [7, 11) is 0. The van der Waals surface area contributed by atoms with Crippen LogP contribution in [-0.2, 0) is 6.42 Å². The summed E-state index contributed by atoms with van der Waals surface area (Å²) in [6.07, 6.45) is 1.94. The van der Waals surface area contributed by atoms with Crippen molar-refractivity contribution in [2.45, 2.75) is 6.42 Å². The number of nitrogens with one attached hydrogen (secondary N) is 2. The summed E-state index contributed by atoms with van der Waals surface area (Å²) < 4.78 is 0. The second-order valence-electron chi connectivity index (χ2n) is 6.39. The van der Waals surface area contributed by atoms with Gasteiger partial charge in [-0.25, -0.2) is 9.97 Å². The first-order chi connectivity index (χ1) is 14.5. The highest BCUT2D eigenvalue weighted by Gasteiger charge is 2.31. The van der Waals surface area contributed by atoms with E-state index in [0.29, 0.717) is 11.6 Å². The Kier molecular flexibility index (Phi) is 5.39. The Bertz CT molecular complexity index is 1160. The van der Waals surface area contributed by atoms with Crippen LogP contribution in [0.2, 0.25) is 10.0 Å². The van der Waals surface area contributed by atoms with E-state index in [9.17, 15) is 14.9 Å². The first kappa shape index (κ1) is 19.9. The number of rotatable bonds is 5. The molecular weight excluding hydrogens is 431 g/mol. The zero-order chi connectivity index (χ0) is 21.3. The highest BCUT2D eigenvalue weighted by Crippen LogP contribution is 2.39. The van der Waals surface area contributed by atoms with Crippen molar-refractivity contribution in [2.75, 3.05) is 16.9 Å². The molecule has 1 aliphatic rings. The molecule has 11 heteroatoms. The topological polar surface area (TPSA) is 113 Å². The highest BCUT2D eigenvalue weighted by molar-refractivity contribution is 6.36. The number of carbonyl (C=O) groups excluding carboxylic acids is 1. The quantitative estimate of drug-likeness (QED) is 0.448. The van der Waals surface area contributed by atoms with E-state index in [-0.39, 0.29) is 27.9 Å². The number of hydrogen-bond donors (Lipinski definition) is 2. The predicted octanol–water partition coefficient (Wildman–Crippen LogP) is 4.14. The number of anilines is 3. The normalized spacial score (nSPS) is 12.4. The lowest BCUT2D eigenvalue weighted by Gasteiger charge is -2.19. The van der Waals surface area contributed by atoms with Crippen LogP contribution >= 0.6 is 23.2 Å². The highest BCUT2D eigenvalue weighted by atomic mass is 35.5. The molecule has 2 N–H and O–H groups in total. The number of carbonyl (C=O) groups is 1. The van der Waals surface area contributed by atoms with Crippen molar-refractivity contribution in [3.8, 4) is 0 Å². The van der Waals surface area contributed by atoms with Crippen LogP contribution < -0.4 is 15.8 Å². The number of nitro groups is 1. The molecule has 1 aromatic heterocycles. The smallest absolute Gasteiger partial charge is 0.320 e. The predicted molar refractivity (Wildman–Crippen MR) is 113 cm³/mol. The fraction of sp³-hybridized carbons (Fsp3) is 0.105. The molecule has 30 heavy (non-hydrogen) atoms. The Labute approximate surface area is 180 Å². The average molecular weight is 445 g/mol. The fourth-order valence-electron chi connectivity index (χ4n) is 3.24. The Morgan fingerprint density at radius 3 is 2.73 bits per heavy atom. The number of fused-ring (bicyclic) bond motifs is 1. The van der Waals surface area contributed by atoms with Crippen LogP contribution in [0.3, 0.4) is 0 Å². The van der Waals surface area contributed by atoms with Crippen molar-refractivity contribution in [2.24, 2.45) is 0 Å². The van der Waals surface area contributed by atoms with Crippen molar-refractivity contribution in [1.82, 2.24) is 15.4 Å². The maximum Gasteiger partial charge on any atom is 0.355 e. The van der Waals surface area contributed by atoms with Gasteiger partial charge in [-0.3, -0.25) is 25.8 Å². The van der Waals surface area contributed by atoms with E-state index < -0.39 is 10.8 Å². The van der Waals surface area contributed by atoms with Gasteiger partial charge in [-0.15, -0.1) is 0 Å². The van der Waals surface area contributed by atoms with Crippen LogP contribution in [0.5, 0.6) is 0 Å². The molecule has 0 aliphatic carbocycles. The lowest BCUT2D eigenvalue weighted by Crippen LogP contribution is -2.31. The molecule has 2 heterocycles. The van der Waals surface area contributed by atoms with Crippen LogP contribution in [0.4, 0.5) is 23.0 Å². The van der Waals surface area contributed by atoms with Gasteiger partial charge < -0.3 is 4.90 Å². The Morgan fingerprint density at radius 2 is 1.97 bits per heavy atom. The van der Waals surface area contributed by atoms with Gasteiger partial charge in [-0.2, -0.15) is 0 Å². The second kappa shape index (κ2) is 8.13. The standard InChI is InChI=1S/C19H14Cl2N6O3/c20-12-5-6-13(14(21)9-12)19(28)25-24-17-16(27(29)30)18(23-10-22-17)26-8-7-11-3-1-2-4-15(11)26/h1-6,9-10H,7-8H2,(H,25,28)(H,22,23,24). The van der Waals surface area contributed by atoms with E-state index in [2.05, 4.69) is 20.8 Å². The minimum absolute atomic E-state index is 0.140. The molecule has 9 nitrogen and oxygen atoms in total. The summed E-state index contributed by atoms with van der Waals surface area (Å²) in [5, 5.41) is 12.4. The molecule has 0 fully saturated rings. The molecular formula is C19H14Cl2N6O3. The molecule has 0 bridgehead atoms. The molecule has 1 amide bonds. The van der Waals surface area contributed by atoms with E-state index >= 15 is 0 Å². The third kappa shape index (κ3) is 3.72. The van der Waals surface area contributed by atoms with E-state index in [0.717, 1.165) is 17.7 Å². The number of para-hydroxylation sites is 1. The summed E-state index contributed by atoms with van der Waals surface area (Å²) >= 11 is 11.9. The third-order valence-electron chi connectivity index (χ3n) is 4.60. The first-order valence-electron chi connectivity index (χ1n) is 8.82. The van der Waals surface area contributed by atoms with Crippen molar-refractivity contribution in [1.29, 1.82) is 0 Å².